The van der Waals surface area contributed by atoms with E-state index in [1.54, 1.807) is 11.1 Å². The number of quaternary nitrogens is 1. The average Bonchev–Trinajstić information content (AvgIpc) is 3.08. The van der Waals surface area contributed by atoms with E-state index in [0.29, 0.717) is 6.04 Å². The number of likely N-dealkylation sites (tertiary alicyclic amines) is 1. The van der Waals surface area contributed by atoms with E-state index in [9.17, 15) is 0 Å². The first kappa shape index (κ1) is 21.6. The predicted molar refractivity (Wildman–Crippen MR) is 115 cm³/mol. The minimum absolute atomic E-state index is 0. The van der Waals surface area contributed by atoms with Crippen molar-refractivity contribution in [3.63, 3.8) is 0 Å². The smallest absolute Gasteiger partial charge is 0.0903 e. The van der Waals surface area contributed by atoms with Crippen LogP contribution in [0.3, 0.4) is 0 Å². The number of anilines is 1. The molecule has 0 bridgehead atoms. The topological polar surface area (TPSA) is 3.24 Å². The van der Waals surface area contributed by atoms with E-state index >= 15 is 0 Å². The van der Waals surface area contributed by atoms with E-state index in [0.717, 1.165) is 6.04 Å². The van der Waals surface area contributed by atoms with Crippen LogP contribution in [0, 0.1) is 6.92 Å². The van der Waals surface area contributed by atoms with Crippen LogP contribution in [0.2, 0.25) is 0 Å². The molecule has 0 spiro atoms. The van der Waals surface area contributed by atoms with E-state index in [2.05, 4.69) is 74.4 Å². The molecule has 4 rings (SSSR count). The number of hydrogen-bond donors (Lipinski definition) is 0. The average molecular weight is 490 g/mol. The lowest BCUT2D eigenvalue weighted by atomic mass is 9.96. The number of fused-ring (bicyclic) bond motifs is 1. The molecule has 1 fully saturated rings. The van der Waals surface area contributed by atoms with E-state index in [4.69, 9.17) is 0 Å². The summed E-state index contributed by atoms with van der Waals surface area (Å²) >= 11 is 0. The summed E-state index contributed by atoms with van der Waals surface area (Å²) in [6.07, 6.45) is 7.86. The minimum Gasteiger partial charge on any atom is -1.00 e. The molecule has 3 heteroatoms. The Morgan fingerprint density at radius 2 is 1.57 bits per heavy atom. The molecule has 28 heavy (non-hydrogen) atoms. The first-order valence-corrected chi connectivity index (χ1v) is 10.8. The van der Waals surface area contributed by atoms with Crippen LogP contribution in [0.5, 0.6) is 0 Å². The highest BCUT2D eigenvalue weighted by atomic mass is 127. The van der Waals surface area contributed by atoms with Crippen LogP contribution in [0.25, 0.3) is 0 Å². The first-order valence-electron chi connectivity index (χ1n) is 10.8. The van der Waals surface area contributed by atoms with Crippen LogP contribution < -0.4 is 28.9 Å². The zero-order valence-corrected chi connectivity index (χ0v) is 19.9. The first-order chi connectivity index (χ1) is 13.0. The van der Waals surface area contributed by atoms with E-state index in [1.165, 1.54) is 67.3 Å². The SMILES string of the molecule is Cc1ccccc1N(CC[C@@H]1CCCC[N+]1(C)C)C1Cc2ccccc2C1.[I-]. The highest BCUT2D eigenvalue weighted by molar-refractivity contribution is 5.55. The summed E-state index contributed by atoms with van der Waals surface area (Å²) in [5, 5.41) is 0. The second-order valence-electron chi connectivity index (χ2n) is 9.25. The Labute approximate surface area is 188 Å². The second-order valence-corrected chi connectivity index (χ2v) is 9.25. The molecule has 0 unspecified atom stereocenters. The van der Waals surface area contributed by atoms with Gasteiger partial charge in [0.2, 0.25) is 0 Å². The van der Waals surface area contributed by atoms with Crippen molar-refractivity contribution in [2.45, 2.75) is 57.5 Å². The van der Waals surface area contributed by atoms with Crippen molar-refractivity contribution < 1.29 is 28.5 Å². The van der Waals surface area contributed by atoms with Crippen molar-refractivity contribution in [1.82, 2.24) is 0 Å². The summed E-state index contributed by atoms with van der Waals surface area (Å²) in [6, 6.07) is 19.4. The Morgan fingerprint density at radius 3 is 2.21 bits per heavy atom. The standard InChI is InChI=1S/C25H35N2.HI/c1-20-10-4-7-14-25(20)26(16-15-24-13-8-9-17-27(24,2)3)23-18-21-11-5-6-12-22(21)19-23;/h4-7,10-12,14,23-24H,8-9,13,15-19H2,1-3H3;1H/q+1;/p-1/t24-;/m0./s1. The van der Waals surface area contributed by atoms with Gasteiger partial charge in [-0.25, -0.2) is 0 Å². The molecular weight excluding hydrogens is 455 g/mol. The van der Waals surface area contributed by atoms with Crippen molar-refractivity contribution in [2.75, 3.05) is 32.1 Å². The lowest BCUT2D eigenvalue weighted by molar-refractivity contribution is -0.920. The van der Waals surface area contributed by atoms with Gasteiger partial charge >= 0.3 is 0 Å². The molecule has 1 aliphatic heterocycles. The molecular formula is C25H35IN2. The summed E-state index contributed by atoms with van der Waals surface area (Å²) in [4.78, 5) is 2.74. The fraction of sp³-hybridized carbons (Fsp3) is 0.520. The number of para-hydroxylation sites is 1. The molecule has 1 aliphatic carbocycles. The Balaban J connectivity index is 0.00000225. The largest absolute Gasteiger partial charge is 1.00 e. The van der Waals surface area contributed by atoms with Gasteiger partial charge in [0.15, 0.2) is 0 Å². The van der Waals surface area contributed by atoms with Crippen molar-refractivity contribution in [1.29, 1.82) is 0 Å². The molecule has 1 heterocycles. The van der Waals surface area contributed by atoms with Gasteiger partial charge in [-0.15, -0.1) is 0 Å². The Hall–Kier alpha value is -1.07. The number of hydrogen-bond acceptors (Lipinski definition) is 1. The number of nitrogens with zero attached hydrogens (tertiary/aromatic N) is 2. The molecule has 2 nitrogen and oxygen atoms in total. The van der Waals surface area contributed by atoms with Gasteiger partial charge in [0.05, 0.1) is 26.7 Å². The van der Waals surface area contributed by atoms with Crippen LogP contribution in [-0.4, -0.2) is 43.8 Å². The summed E-state index contributed by atoms with van der Waals surface area (Å²) < 4.78 is 1.20. The number of piperidine rings is 1. The van der Waals surface area contributed by atoms with Crippen LogP contribution in [0.15, 0.2) is 48.5 Å². The van der Waals surface area contributed by atoms with Crippen molar-refractivity contribution in [3.05, 3.63) is 65.2 Å². The number of rotatable bonds is 5. The lowest BCUT2D eigenvalue weighted by Crippen LogP contribution is -3.00. The Kier molecular flexibility index (Phi) is 7.08. The van der Waals surface area contributed by atoms with Gasteiger partial charge in [-0.05, 0) is 61.8 Å². The molecule has 0 aromatic heterocycles. The highest BCUT2D eigenvalue weighted by Crippen LogP contribution is 2.32. The fourth-order valence-corrected chi connectivity index (χ4v) is 5.35. The summed E-state index contributed by atoms with van der Waals surface area (Å²) in [7, 11) is 4.88. The summed E-state index contributed by atoms with van der Waals surface area (Å²) in [6.45, 7) is 4.78. The van der Waals surface area contributed by atoms with Gasteiger partial charge in [-0.1, -0.05) is 42.5 Å². The van der Waals surface area contributed by atoms with Gasteiger partial charge in [0.1, 0.15) is 0 Å². The normalized spacial score (nSPS) is 21.0. The number of aryl methyl sites for hydroxylation is 1. The molecule has 1 saturated heterocycles. The van der Waals surface area contributed by atoms with Crippen molar-refractivity contribution in [2.24, 2.45) is 0 Å². The van der Waals surface area contributed by atoms with Crippen LogP contribution in [0.4, 0.5) is 5.69 Å². The fourth-order valence-electron chi connectivity index (χ4n) is 5.35. The second kappa shape index (κ2) is 9.17. The maximum absolute atomic E-state index is 2.74. The van der Waals surface area contributed by atoms with Crippen LogP contribution >= 0.6 is 0 Å². The van der Waals surface area contributed by atoms with E-state index in [-0.39, 0.29) is 24.0 Å². The number of benzene rings is 2. The molecule has 1 atom stereocenters. The third-order valence-corrected chi connectivity index (χ3v) is 7.11. The molecule has 2 aromatic carbocycles. The Bertz CT molecular complexity index is 761. The molecule has 0 saturated carbocycles. The molecule has 2 aromatic rings. The van der Waals surface area contributed by atoms with Gasteiger partial charge < -0.3 is 33.4 Å². The zero-order chi connectivity index (χ0) is 18.9. The minimum atomic E-state index is 0. The molecule has 0 N–H and O–H groups in total. The van der Waals surface area contributed by atoms with Gasteiger partial charge in [-0.2, -0.15) is 0 Å². The summed E-state index contributed by atoms with van der Waals surface area (Å²) in [5.41, 5.74) is 5.95. The molecule has 0 radical (unpaired) electrons. The van der Waals surface area contributed by atoms with Gasteiger partial charge in [-0.3, -0.25) is 0 Å². The lowest BCUT2D eigenvalue weighted by Gasteiger charge is -2.43. The maximum Gasteiger partial charge on any atom is 0.0903 e. The van der Waals surface area contributed by atoms with E-state index < -0.39 is 0 Å². The van der Waals surface area contributed by atoms with E-state index in [1.807, 2.05) is 0 Å². The van der Waals surface area contributed by atoms with Gasteiger partial charge in [0, 0.05) is 24.7 Å². The monoisotopic (exact) mass is 490 g/mol. The number of halogens is 1. The molecule has 152 valence electrons. The van der Waals surface area contributed by atoms with Crippen LogP contribution in [-0.2, 0) is 12.8 Å². The third kappa shape index (κ3) is 4.56. The zero-order valence-electron chi connectivity index (χ0n) is 17.7. The van der Waals surface area contributed by atoms with Crippen LogP contribution in [0.1, 0.15) is 42.4 Å². The maximum atomic E-state index is 2.74. The summed E-state index contributed by atoms with van der Waals surface area (Å²) in [5.74, 6) is 0. The molecule has 0 amide bonds. The van der Waals surface area contributed by atoms with Gasteiger partial charge in [0.25, 0.3) is 0 Å². The highest BCUT2D eigenvalue weighted by Gasteiger charge is 2.33. The third-order valence-electron chi connectivity index (χ3n) is 7.11. The van der Waals surface area contributed by atoms with Crippen molar-refractivity contribution in [3.8, 4) is 0 Å². The Morgan fingerprint density at radius 1 is 0.929 bits per heavy atom. The van der Waals surface area contributed by atoms with Crippen molar-refractivity contribution >= 4 is 5.69 Å². The molecule has 2 aliphatic rings. The quantitative estimate of drug-likeness (QED) is 0.458. The predicted octanol–water partition coefficient (Wildman–Crippen LogP) is 1.99.